The summed E-state index contributed by atoms with van der Waals surface area (Å²) < 4.78 is 0. The molecule has 1 atom stereocenters. The van der Waals surface area contributed by atoms with Crippen molar-refractivity contribution >= 4 is 23.2 Å². The van der Waals surface area contributed by atoms with E-state index in [1.54, 1.807) is 16.2 Å². The molecule has 0 aromatic carbocycles. The monoisotopic (exact) mass is 309 g/mol. The van der Waals surface area contributed by atoms with E-state index >= 15 is 0 Å². The van der Waals surface area contributed by atoms with Gasteiger partial charge in [-0.1, -0.05) is 20.3 Å². The number of thiophene rings is 1. The highest BCUT2D eigenvalue weighted by Gasteiger charge is 2.33. The van der Waals surface area contributed by atoms with Crippen molar-refractivity contribution in [2.45, 2.75) is 58.4 Å². The number of rotatable bonds is 5. The molecule has 1 amide bonds. The van der Waals surface area contributed by atoms with Gasteiger partial charge in [0, 0.05) is 11.4 Å². The van der Waals surface area contributed by atoms with Gasteiger partial charge in [0.1, 0.15) is 6.04 Å². The average Bonchev–Trinajstić information content (AvgIpc) is 2.90. The zero-order valence-electron chi connectivity index (χ0n) is 12.7. The number of hydrogen-bond donors (Lipinski definition) is 1. The van der Waals surface area contributed by atoms with E-state index in [9.17, 15) is 14.7 Å². The third-order valence-electron chi connectivity index (χ3n) is 4.01. The number of carbonyl (C=O) groups excluding carboxylic acids is 1. The van der Waals surface area contributed by atoms with Crippen LogP contribution in [-0.4, -0.2) is 34.5 Å². The molecular formula is C16H23NO3S. The van der Waals surface area contributed by atoms with Gasteiger partial charge in [0.25, 0.3) is 5.91 Å². The van der Waals surface area contributed by atoms with Crippen molar-refractivity contribution in [2.75, 3.05) is 6.54 Å². The van der Waals surface area contributed by atoms with Crippen molar-refractivity contribution in [1.82, 2.24) is 4.90 Å². The maximum absolute atomic E-state index is 12.7. The third kappa shape index (κ3) is 3.46. The van der Waals surface area contributed by atoms with Crippen LogP contribution in [0.25, 0.3) is 0 Å². The fourth-order valence-corrected chi connectivity index (χ4v) is 4.19. The van der Waals surface area contributed by atoms with E-state index in [2.05, 4.69) is 13.8 Å². The second-order valence-corrected chi connectivity index (χ2v) is 6.65. The SMILES string of the molecule is CCCc1sc(C(=O)N2CCCC[C@@H]2C(=O)O)cc1CC. The number of likely N-dealkylation sites (tertiary alicyclic amines) is 1. The Hall–Kier alpha value is -1.36. The Kier molecular flexibility index (Phi) is 5.39. The van der Waals surface area contributed by atoms with Gasteiger partial charge in [-0.2, -0.15) is 0 Å². The highest BCUT2D eigenvalue weighted by atomic mass is 32.1. The molecule has 0 saturated carbocycles. The molecule has 1 aliphatic heterocycles. The van der Waals surface area contributed by atoms with E-state index in [0.717, 1.165) is 32.1 Å². The standard InChI is InChI=1S/C16H23NO3S/c1-3-7-13-11(4-2)10-14(21-13)15(18)17-9-6-5-8-12(17)16(19)20/h10,12H,3-9H2,1-2H3,(H,19,20)/t12-/m1/s1. The van der Waals surface area contributed by atoms with Crippen LogP contribution in [0.5, 0.6) is 0 Å². The van der Waals surface area contributed by atoms with Crippen LogP contribution in [0.1, 0.15) is 59.6 Å². The molecule has 4 nitrogen and oxygen atoms in total. The first-order valence-corrected chi connectivity index (χ1v) is 8.55. The zero-order chi connectivity index (χ0) is 15.4. The summed E-state index contributed by atoms with van der Waals surface area (Å²) in [5, 5.41) is 9.30. The summed E-state index contributed by atoms with van der Waals surface area (Å²) in [4.78, 5) is 27.5. The predicted octanol–water partition coefficient (Wildman–Crippen LogP) is 3.34. The first-order chi connectivity index (χ1) is 10.1. The van der Waals surface area contributed by atoms with Crippen LogP contribution in [-0.2, 0) is 17.6 Å². The van der Waals surface area contributed by atoms with Crippen LogP contribution < -0.4 is 0 Å². The van der Waals surface area contributed by atoms with Gasteiger partial charge in [-0.3, -0.25) is 4.79 Å². The lowest BCUT2D eigenvalue weighted by Crippen LogP contribution is -2.47. The molecule has 1 fully saturated rings. The van der Waals surface area contributed by atoms with Gasteiger partial charge in [-0.25, -0.2) is 4.79 Å². The summed E-state index contributed by atoms with van der Waals surface area (Å²) in [5.74, 6) is -0.992. The van der Waals surface area contributed by atoms with Crippen molar-refractivity contribution < 1.29 is 14.7 Å². The molecule has 116 valence electrons. The summed E-state index contributed by atoms with van der Waals surface area (Å²) in [6.07, 6.45) is 5.30. The zero-order valence-corrected chi connectivity index (χ0v) is 13.5. The number of nitrogens with zero attached hydrogens (tertiary/aromatic N) is 1. The summed E-state index contributed by atoms with van der Waals surface area (Å²) in [6, 6.07) is 1.30. The lowest BCUT2D eigenvalue weighted by Gasteiger charge is -2.32. The van der Waals surface area contributed by atoms with E-state index < -0.39 is 12.0 Å². The Morgan fingerprint density at radius 2 is 2.14 bits per heavy atom. The summed E-state index contributed by atoms with van der Waals surface area (Å²) >= 11 is 1.54. The fraction of sp³-hybridized carbons (Fsp3) is 0.625. The molecule has 21 heavy (non-hydrogen) atoms. The first-order valence-electron chi connectivity index (χ1n) is 7.73. The molecular weight excluding hydrogens is 286 g/mol. The summed E-state index contributed by atoms with van der Waals surface area (Å²) in [5.41, 5.74) is 1.23. The molecule has 5 heteroatoms. The molecule has 1 aromatic heterocycles. The third-order valence-corrected chi connectivity index (χ3v) is 5.24. The van der Waals surface area contributed by atoms with Gasteiger partial charge in [0.15, 0.2) is 0 Å². The molecule has 2 heterocycles. The molecule has 2 rings (SSSR count). The number of carbonyl (C=O) groups is 2. The normalized spacial score (nSPS) is 18.8. The molecule has 0 radical (unpaired) electrons. The van der Waals surface area contributed by atoms with Crippen molar-refractivity contribution in [2.24, 2.45) is 0 Å². The van der Waals surface area contributed by atoms with Crippen LogP contribution in [0.3, 0.4) is 0 Å². The Morgan fingerprint density at radius 3 is 2.76 bits per heavy atom. The minimum atomic E-state index is -0.885. The topological polar surface area (TPSA) is 57.6 Å². The van der Waals surface area contributed by atoms with Crippen LogP contribution >= 0.6 is 11.3 Å². The first kappa shape index (κ1) is 16.0. The van der Waals surface area contributed by atoms with Crippen LogP contribution in [0, 0.1) is 0 Å². The number of hydrogen-bond acceptors (Lipinski definition) is 3. The van der Waals surface area contributed by atoms with Crippen LogP contribution in [0.4, 0.5) is 0 Å². The van der Waals surface area contributed by atoms with Gasteiger partial charge in [-0.05, 0) is 43.7 Å². The second-order valence-electron chi connectivity index (χ2n) is 5.51. The largest absolute Gasteiger partial charge is 0.480 e. The van der Waals surface area contributed by atoms with Gasteiger partial charge >= 0.3 is 5.97 Å². The van der Waals surface area contributed by atoms with Crippen molar-refractivity contribution in [3.63, 3.8) is 0 Å². The fourth-order valence-electron chi connectivity index (χ4n) is 2.88. The molecule has 0 unspecified atom stereocenters. The lowest BCUT2D eigenvalue weighted by molar-refractivity contribution is -0.143. The highest BCUT2D eigenvalue weighted by molar-refractivity contribution is 7.14. The number of piperidine rings is 1. The molecule has 1 aliphatic rings. The average molecular weight is 309 g/mol. The predicted molar refractivity (Wildman–Crippen MR) is 84.0 cm³/mol. The number of aliphatic carboxylic acids is 1. The van der Waals surface area contributed by atoms with Crippen LogP contribution in [0.15, 0.2) is 6.07 Å². The molecule has 1 N–H and O–H groups in total. The van der Waals surface area contributed by atoms with Gasteiger partial charge in [0.05, 0.1) is 4.88 Å². The minimum Gasteiger partial charge on any atom is -0.480 e. The van der Waals surface area contributed by atoms with E-state index in [1.165, 1.54) is 10.4 Å². The molecule has 0 aliphatic carbocycles. The Morgan fingerprint density at radius 1 is 1.38 bits per heavy atom. The Labute approximate surface area is 129 Å². The second kappa shape index (κ2) is 7.07. The maximum Gasteiger partial charge on any atom is 0.326 e. The summed E-state index contributed by atoms with van der Waals surface area (Å²) in [7, 11) is 0. The van der Waals surface area contributed by atoms with Gasteiger partial charge in [0.2, 0.25) is 0 Å². The molecule has 0 spiro atoms. The summed E-state index contributed by atoms with van der Waals surface area (Å²) in [6.45, 7) is 4.78. The number of carboxylic acids is 1. The van der Waals surface area contributed by atoms with Crippen molar-refractivity contribution in [3.8, 4) is 0 Å². The molecule has 1 saturated heterocycles. The Balaban J connectivity index is 2.23. The van der Waals surface area contributed by atoms with Crippen molar-refractivity contribution in [1.29, 1.82) is 0 Å². The van der Waals surface area contributed by atoms with E-state index in [4.69, 9.17) is 0 Å². The van der Waals surface area contributed by atoms with Gasteiger partial charge in [-0.15, -0.1) is 11.3 Å². The lowest BCUT2D eigenvalue weighted by atomic mass is 10.0. The number of amides is 1. The van der Waals surface area contributed by atoms with Crippen molar-refractivity contribution in [3.05, 3.63) is 21.4 Å². The Bertz CT molecular complexity index is 524. The van der Waals surface area contributed by atoms with E-state index in [-0.39, 0.29) is 5.91 Å². The molecule has 1 aromatic rings. The quantitative estimate of drug-likeness (QED) is 0.907. The maximum atomic E-state index is 12.7. The van der Waals surface area contributed by atoms with Gasteiger partial charge < -0.3 is 10.0 Å². The minimum absolute atomic E-state index is 0.107. The highest BCUT2D eigenvalue weighted by Crippen LogP contribution is 2.28. The molecule has 0 bridgehead atoms. The number of aryl methyl sites for hydroxylation is 2. The smallest absolute Gasteiger partial charge is 0.326 e. The number of carboxylic acid groups (broad SMARTS) is 1. The van der Waals surface area contributed by atoms with E-state index in [0.29, 0.717) is 17.8 Å². The van der Waals surface area contributed by atoms with E-state index in [1.807, 2.05) is 6.07 Å². The van der Waals surface area contributed by atoms with Crippen LogP contribution in [0.2, 0.25) is 0 Å².